The number of carbonyl (C=O) groups excluding carboxylic acids is 2. The molecule has 6 nitrogen and oxygen atoms in total. The molecule has 1 fully saturated rings. The average Bonchev–Trinajstić information content (AvgIpc) is 3.20. The number of allylic oxidation sites excluding steroid dienone is 2. The largest absolute Gasteiger partial charge is 0.348 e. The van der Waals surface area contributed by atoms with E-state index in [-0.39, 0.29) is 17.7 Å². The first-order valence-electron chi connectivity index (χ1n) is 7.18. The summed E-state index contributed by atoms with van der Waals surface area (Å²) >= 11 is 2.65. The van der Waals surface area contributed by atoms with E-state index in [0.29, 0.717) is 27.1 Å². The minimum atomic E-state index is 0.0274. The summed E-state index contributed by atoms with van der Waals surface area (Å²) < 4.78 is 0.693. The number of hydrogen-bond acceptors (Lipinski definition) is 6. The SMILES string of the molecule is CN(C)C(=O)CSc1nnc(NC(=O)[C@@H]2C[C@@H]3C=C[C@H]2C3)s1. The fourth-order valence-electron chi connectivity index (χ4n) is 2.85. The molecule has 118 valence electrons. The van der Waals surface area contributed by atoms with Gasteiger partial charge in [0.25, 0.3) is 0 Å². The van der Waals surface area contributed by atoms with Crippen LogP contribution in [0.15, 0.2) is 16.5 Å². The van der Waals surface area contributed by atoms with Crippen LogP contribution in [0.2, 0.25) is 0 Å². The number of aromatic nitrogens is 2. The van der Waals surface area contributed by atoms with Gasteiger partial charge in [0, 0.05) is 20.0 Å². The first-order valence-corrected chi connectivity index (χ1v) is 8.99. The van der Waals surface area contributed by atoms with E-state index in [1.807, 2.05) is 0 Å². The third-order valence-electron chi connectivity index (χ3n) is 4.07. The van der Waals surface area contributed by atoms with Crippen LogP contribution in [-0.2, 0) is 9.59 Å². The van der Waals surface area contributed by atoms with Crippen LogP contribution in [0.4, 0.5) is 5.13 Å². The van der Waals surface area contributed by atoms with E-state index in [9.17, 15) is 9.59 Å². The Labute approximate surface area is 137 Å². The van der Waals surface area contributed by atoms with E-state index in [1.165, 1.54) is 23.1 Å². The zero-order chi connectivity index (χ0) is 15.7. The molecular formula is C14H18N4O2S2. The summed E-state index contributed by atoms with van der Waals surface area (Å²) in [4.78, 5) is 25.4. The molecule has 1 aromatic rings. The van der Waals surface area contributed by atoms with Crippen LogP contribution in [0.5, 0.6) is 0 Å². The molecule has 0 aliphatic heterocycles. The van der Waals surface area contributed by atoms with Gasteiger partial charge < -0.3 is 10.2 Å². The molecule has 2 aliphatic carbocycles. The zero-order valence-corrected chi connectivity index (χ0v) is 14.1. The Morgan fingerprint density at radius 1 is 1.36 bits per heavy atom. The molecular weight excluding hydrogens is 320 g/mol. The van der Waals surface area contributed by atoms with Gasteiger partial charge in [0.2, 0.25) is 16.9 Å². The van der Waals surface area contributed by atoms with Gasteiger partial charge in [-0.2, -0.15) is 0 Å². The highest BCUT2D eigenvalue weighted by Gasteiger charge is 2.39. The van der Waals surface area contributed by atoms with Gasteiger partial charge in [-0.3, -0.25) is 9.59 Å². The Kier molecular flexibility index (Phi) is 4.49. The number of nitrogens with one attached hydrogen (secondary N) is 1. The second-order valence-corrected chi connectivity index (χ2v) is 8.03. The van der Waals surface area contributed by atoms with E-state index in [0.717, 1.165) is 12.8 Å². The highest BCUT2D eigenvalue weighted by Crippen LogP contribution is 2.43. The molecule has 1 heterocycles. The van der Waals surface area contributed by atoms with Crippen molar-refractivity contribution in [3.05, 3.63) is 12.2 Å². The maximum absolute atomic E-state index is 12.3. The van der Waals surface area contributed by atoms with Crippen LogP contribution in [-0.4, -0.2) is 46.8 Å². The van der Waals surface area contributed by atoms with Crippen molar-refractivity contribution >= 4 is 40.0 Å². The summed E-state index contributed by atoms with van der Waals surface area (Å²) in [6.45, 7) is 0. The molecule has 1 saturated carbocycles. The van der Waals surface area contributed by atoms with E-state index in [4.69, 9.17) is 0 Å². The molecule has 0 spiro atoms. The smallest absolute Gasteiger partial charge is 0.232 e. The molecule has 2 bridgehead atoms. The van der Waals surface area contributed by atoms with Crippen molar-refractivity contribution in [1.29, 1.82) is 0 Å². The maximum Gasteiger partial charge on any atom is 0.232 e. The van der Waals surface area contributed by atoms with Crippen molar-refractivity contribution in [2.24, 2.45) is 17.8 Å². The summed E-state index contributed by atoms with van der Waals surface area (Å²) in [5.74, 6) is 1.40. The Hall–Kier alpha value is -1.41. The monoisotopic (exact) mass is 338 g/mol. The molecule has 0 aromatic carbocycles. The predicted molar refractivity (Wildman–Crippen MR) is 86.8 cm³/mol. The Morgan fingerprint density at radius 3 is 2.82 bits per heavy atom. The van der Waals surface area contributed by atoms with Crippen LogP contribution in [0.25, 0.3) is 0 Å². The lowest BCUT2D eigenvalue weighted by Gasteiger charge is -2.16. The third kappa shape index (κ3) is 3.33. The van der Waals surface area contributed by atoms with Gasteiger partial charge in [0.1, 0.15) is 0 Å². The van der Waals surface area contributed by atoms with E-state index in [1.54, 1.807) is 19.0 Å². The van der Waals surface area contributed by atoms with E-state index >= 15 is 0 Å². The molecule has 3 atom stereocenters. The van der Waals surface area contributed by atoms with Gasteiger partial charge in [-0.15, -0.1) is 10.2 Å². The normalized spacial score (nSPS) is 25.5. The van der Waals surface area contributed by atoms with Crippen molar-refractivity contribution in [2.75, 3.05) is 25.2 Å². The predicted octanol–water partition coefficient (Wildman–Crippen LogP) is 1.87. The average molecular weight is 338 g/mol. The van der Waals surface area contributed by atoms with Crippen LogP contribution < -0.4 is 5.32 Å². The highest BCUT2D eigenvalue weighted by molar-refractivity contribution is 8.01. The Bertz CT molecular complexity index is 614. The van der Waals surface area contributed by atoms with Gasteiger partial charge in [0.05, 0.1) is 5.75 Å². The molecule has 1 N–H and O–H groups in total. The molecule has 0 saturated heterocycles. The highest BCUT2D eigenvalue weighted by atomic mass is 32.2. The van der Waals surface area contributed by atoms with Crippen molar-refractivity contribution < 1.29 is 9.59 Å². The maximum atomic E-state index is 12.3. The molecule has 1 aromatic heterocycles. The summed E-state index contributed by atoms with van der Waals surface area (Å²) in [6.07, 6.45) is 6.41. The first-order chi connectivity index (χ1) is 10.5. The zero-order valence-electron chi connectivity index (χ0n) is 12.5. The number of carbonyl (C=O) groups is 2. The molecule has 2 amide bonds. The number of hydrogen-bond donors (Lipinski definition) is 1. The second-order valence-electron chi connectivity index (χ2n) is 5.83. The number of fused-ring (bicyclic) bond motifs is 2. The quantitative estimate of drug-likeness (QED) is 0.504. The van der Waals surface area contributed by atoms with Crippen molar-refractivity contribution in [3.8, 4) is 0 Å². The topological polar surface area (TPSA) is 75.2 Å². The van der Waals surface area contributed by atoms with E-state index in [2.05, 4.69) is 27.7 Å². The van der Waals surface area contributed by atoms with E-state index < -0.39 is 0 Å². The summed E-state index contributed by atoms with van der Waals surface area (Å²) in [5, 5.41) is 11.4. The lowest BCUT2D eigenvalue weighted by Crippen LogP contribution is -2.25. The minimum absolute atomic E-state index is 0.0274. The van der Waals surface area contributed by atoms with Crippen LogP contribution in [0, 0.1) is 17.8 Å². The van der Waals surface area contributed by atoms with Gasteiger partial charge in [-0.25, -0.2) is 0 Å². The number of anilines is 1. The molecule has 0 radical (unpaired) electrons. The summed E-state index contributed by atoms with van der Waals surface area (Å²) in [6, 6.07) is 0. The first kappa shape index (κ1) is 15.5. The van der Waals surface area contributed by atoms with Gasteiger partial charge in [-0.05, 0) is 24.7 Å². The van der Waals surface area contributed by atoms with Crippen LogP contribution in [0.1, 0.15) is 12.8 Å². The second kappa shape index (κ2) is 6.37. The number of nitrogens with zero attached hydrogens (tertiary/aromatic N) is 3. The fourth-order valence-corrected chi connectivity index (χ4v) is 4.58. The van der Waals surface area contributed by atoms with Gasteiger partial charge in [0.15, 0.2) is 4.34 Å². The van der Waals surface area contributed by atoms with Gasteiger partial charge in [-0.1, -0.05) is 35.3 Å². The fraction of sp³-hybridized carbons (Fsp3) is 0.571. The van der Waals surface area contributed by atoms with Crippen molar-refractivity contribution in [1.82, 2.24) is 15.1 Å². The molecule has 0 unspecified atom stereocenters. The third-order valence-corrected chi connectivity index (χ3v) is 6.03. The summed E-state index contributed by atoms with van der Waals surface area (Å²) in [7, 11) is 3.44. The number of rotatable bonds is 5. The number of amides is 2. The van der Waals surface area contributed by atoms with Gasteiger partial charge >= 0.3 is 0 Å². The number of thioether (sulfide) groups is 1. The minimum Gasteiger partial charge on any atom is -0.348 e. The van der Waals surface area contributed by atoms with Crippen molar-refractivity contribution in [3.63, 3.8) is 0 Å². The van der Waals surface area contributed by atoms with Crippen LogP contribution in [0.3, 0.4) is 0 Å². The van der Waals surface area contributed by atoms with Crippen LogP contribution >= 0.6 is 23.1 Å². The lowest BCUT2D eigenvalue weighted by molar-refractivity contribution is -0.126. The standard InChI is InChI=1S/C14H18N4O2S2/c1-18(2)11(19)7-21-14-17-16-13(22-14)15-12(20)10-6-8-3-4-9(10)5-8/h3-4,8-10H,5-7H2,1-2H3,(H,15,16,20)/t8-,9+,10-/m1/s1. The molecule has 22 heavy (non-hydrogen) atoms. The molecule has 8 heteroatoms. The van der Waals surface area contributed by atoms with Crippen molar-refractivity contribution in [2.45, 2.75) is 17.2 Å². The molecule has 2 aliphatic rings. The lowest BCUT2D eigenvalue weighted by atomic mass is 9.93. The Morgan fingerprint density at radius 2 is 2.18 bits per heavy atom. The Balaban J connectivity index is 1.52. The summed E-state index contributed by atoms with van der Waals surface area (Å²) in [5.41, 5.74) is 0. The molecule has 3 rings (SSSR count).